The van der Waals surface area contributed by atoms with Crippen molar-refractivity contribution in [3.05, 3.63) is 203 Å². The SMILES string of the molecule is Cc1ccccc1N(c1ccccc1)c1ccc(/C=C/c2ccc3c(c2)C(C)(C)c2cc(N(c4ccccc4)c4ccccc4C)ccc2-3)cc1. The molecule has 1 aliphatic rings. The third kappa shape index (κ3) is 6.04. The Morgan fingerprint density at radius 2 is 0.804 bits per heavy atom. The Balaban J connectivity index is 1.08. The van der Waals surface area contributed by atoms with Gasteiger partial charge in [-0.05, 0) is 119 Å². The van der Waals surface area contributed by atoms with Gasteiger partial charge in [0, 0.05) is 39.5 Å². The second-order valence-corrected chi connectivity index (χ2v) is 14.0. The van der Waals surface area contributed by atoms with Crippen LogP contribution in [0.25, 0.3) is 23.3 Å². The predicted molar refractivity (Wildman–Crippen MR) is 218 cm³/mol. The second-order valence-electron chi connectivity index (χ2n) is 14.0. The molecule has 0 fully saturated rings. The average Bonchev–Trinajstić information content (AvgIpc) is 3.39. The standard InChI is InChI=1S/C49H42N2/c1-35-15-11-13-21-47(35)50(39-17-7-5-8-18-39)41-28-25-37(26-29-41)23-24-38-27-31-43-44-32-30-42(34-46(44)49(3,4)45(43)33-38)51(40-19-9-6-10-20-40)48-22-14-12-16-36(48)2/h5-34H,1-4H3/b24-23+. The Morgan fingerprint density at radius 3 is 1.37 bits per heavy atom. The van der Waals surface area contributed by atoms with Crippen molar-refractivity contribution in [3.8, 4) is 11.1 Å². The smallest absolute Gasteiger partial charge is 0.0490 e. The molecule has 0 heterocycles. The summed E-state index contributed by atoms with van der Waals surface area (Å²) in [5, 5.41) is 0. The number of rotatable bonds is 8. The Labute approximate surface area is 302 Å². The van der Waals surface area contributed by atoms with E-state index in [1.54, 1.807) is 0 Å². The van der Waals surface area contributed by atoms with Gasteiger partial charge in [-0.1, -0.05) is 135 Å². The molecule has 0 radical (unpaired) electrons. The van der Waals surface area contributed by atoms with Gasteiger partial charge in [-0.2, -0.15) is 0 Å². The number of benzene rings is 7. The summed E-state index contributed by atoms with van der Waals surface area (Å²) in [5.41, 5.74) is 17.1. The first kappa shape index (κ1) is 32.1. The molecule has 0 aliphatic heterocycles. The van der Waals surface area contributed by atoms with Crippen molar-refractivity contribution >= 4 is 46.3 Å². The minimum atomic E-state index is -0.142. The van der Waals surface area contributed by atoms with Crippen LogP contribution in [0.4, 0.5) is 34.1 Å². The van der Waals surface area contributed by atoms with Gasteiger partial charge in [-0.15, -0.1) is 0 Å². The molecule has 8 rings (SSSR count). The molecule has 0 atom stereocenters. The monoisotopic (exact) mass is 658 g/mol. The van der Waals surface area contributed by atoms with Crippen molar-refractivity contribution in [3.63, 3.8) is 0 Å². The van der Waals surface area contributed by atoms with E-state index < -0.39 is 0 Å². The summed E-state index contributed by atoms with van der Waals surface area (Å²) in [4.78, 5) is 4.71. The van der Waals surface area contributed by atoms with E-state index in [2.05, 4.69) is 220 Å². The molecule has 2 nitrogen and oxygen atoms in total. The quantitative estimate of drug-likeness (QED) is 0.150. The molecule has 51 heavy (non-hydrogen) atoms. The summed E-state index contributed by atoms with van der Waals surface area (Å²) in [7, 11) is 0. The largest absolute Gasteiger partial charge is 0.310 e. The number of para-hydroxylation sites is 4. The molecule has 0 unspecified atom stereocenters. The van der Waals surface area contributed by atoms with E-state index in [-0.39, 0.29) is 5.41 Å². The van der Waals surface area contributed by atoms with Gasteiger partial charge in [0.1, 0.15) is 0 Å². The Bertz CT molecular complexity index is 2350. The van der Waals surface area contributed by atoms with E-state index in [1.165, 1.54) is 61.6 Å². The fraction of sp³-hybridized carbons (Fsp3) is 0.102. The van der Waals surface area contributed by atoms with Crippen molar-refractivity contribution < 1.29 is 0 Å². The lowest BCUT2D eigenvalue weighted by Crippen LogP contribution is -2.17. The first-order chi connectivity index (χ1) is 24.9. The summed E-state index contributed by atoms with van der Waals surface area (Å²) in [6.45, 7) is 9.08. The molecule has 0 aromatic heterocycles. The highest BCUT2D eigenvalue weighted by molar-refractivity contribution is 5.87. The number of hydrogen-bond acceptors (Lipinski definition) is 2. The van der Waals surface area contributed by atoms with E-state index in [4.69, 9.17) is 0 Å². The lowest BCUT2D eigenvalue weighted by molar-refractivity contribution is 0.660. The van der Waals surface area contributed by atoms with Crippen LogP contribution < -0.4 is 9.80 Å². The summed E-state index contributed by atoms with van der Waals surface area (Å²) in [6, 6.07) is 61.3. The molecule has 0 amide bonds. The summed E-state index contributed by atoms with van der Waals surface area (Å²) >= 11 is 0. The van der Waals surface area contributed by atoms with Crippen LogP contribution in [0.2, 0.25) is 0 Å². The Hall–Kier alpha value is -6.12. The van der Waals surface area contributed by atoms with Crippen LogP contribution in [0.15, 0.2) is 170 Å². The third-order valence-electron chi connectivity index (χ3n) is 10.3. The minimum absolute atomic E-state index is 0.142. The normalized spacial score (nSPS) is 12.8. The maximum absolute atomic E-state index is 2.40. The topological polar surface area (TPSA) is 6.48 Å². The zero-order valence-corrected chi connectivity index (χ0v) is 29.7. The van der Waals surface area contributed by atoms with E-state index in [0.717, 1.165) is 17.1 Å². The molecule has 0 saturated heterocycles. The van der Waals surface area contributed by atoms with E-state index in [9.17, 15) is 0 Å². The number of aryl methyl sites for hydroxylation is 2. The van der Waals surface area contributed by atoms with Crippen molar-refractivity contribution in [1.29, 1.82) is 0 Å². The first-order valence-corrected chi connectivity index (χ1v) is 17.8. The van der Waals surface area contributed by atoms with Gasteiger partial charge in [-0.25, -0.2) is 0 Å². The van der Waals surface area contributed by atoms with Gasteiger partial charge < -0.3 is 9.80 Å². The molecule has 0 saturated carbocycles. The number of fused-ring (bicyclic) bond motifs is 3. The van der Waals surface area contributed by atoms with Crippen LogP contribution in [-0.2, 0) is 5.41 Å². The maximum atomic E-state index is 2.40. The minimum Gasteiger partial charge on any atom is -0.310 e. The second kappa shape index (κ2) is 13.3. The molecule has 0 N–H and O–H groups in total. The molecule has 7 aromatic rings. The van der Waals surface area contributed by atoms with Gasteiger partial charge in [-0.3, -0.25) is 0 Å². The summed E-state index contributed by atoms with van der Waals surface area (Å²) in [6.07, 6.45) is 4.46. The van der Waals surface area contributed by atoms with Gasteiger partial charge in [0.2, 0.25) is 0 Å². The summed E-state index contributed by atoms with van der Waals surface area (Å²) < 4.78 is 0. The average molecular weight is 659 g/mol. The number of anilines is 6. The van der Waals surface area contributed by atoms with Gasteiger partial charge in [0.15, 0.2) is 0 Å². The Kier molecular flexibility index (Phi) is 8.37. The number of hydrogen-bond donors (Lipinski definition) is 0. The summed E-state index contributed by atoms with van der Waals surface area (Å²) in [5.74, 6) is 0. The highest BCUT2D eigenvalue weighted by Crippen LogP contribution is 2.51. The van der Waals surface area contributed by atoms with Crippen LogP contribution >= 0.6 is 0 Å². The molecule has 0 spiro atoms. The fourth-order valence-electron chi connectivity index (χ4n) is 7.55. The van der Waals surface area contributed by atoms with Crippen molar-refractivity contribution in [2.24, 2.45) is 0 Å². The van der Waals surface area contributed by atoms with Crippen molar-refractivity contribution in [1.82, 2.24) is 0 Å². The molecule has 0 bridgehead atoms. The predicted octanol–water partition coefficient (Wildman–Crippen LogP) is 13.7. The zero-order chi connectivity index (χ0) is 35.0. The lowest BCUT2D eigenvalue weighted by atomic mass is 9.81. The van der Waals surface area contributed by atoms with Crippen LogP contribution in [0.5, 0.6) is 0 Å². The molecule has 1 aliphatic carbocycles. The number of nitrogens with zero attached hydrogens (tertiary/aromatic N) is 2. The van der Waals surface area contributed by atoms with Crippen molar-refractivity contribution in [2.45, 2.75) is 33.1 Å². The molecule has 7 aromatic carbocycles. The van der Waals surface area contributed by atoms with Gasteiger partial charge >= 0.3 is 0 Å². The van der Waals surface area contributed by atoms with Crippen LogP contribution in [-0.4, -0.2) is 0 Å². The third-order valence-corrected chi connectivity index (χ3v) is 10.3. The van der Waals surface area contributed by atoms with E-state index in [1.807, 2.05) is 0 Å². The van der Waals surface area contributed by atoms with Gasteiger partial charge in [0.25, 0.3) is 0 Å². The fourth-order valence-corrected chi connectivity index (χ4v) is 7.55. The zero-order valence-electron chi connectivity index (χ0n) is 29.7. The molecule has 2 heteroatoms. The van der Waals surface area contributed by atoms with E-state index >= 15 is 0 Å². The van der Waals surface area contributed by atoms with E-state index in [0.29, 0.717) is 0 Å². The van der Waals surface area contributed by atoms with Crippen LogP contribution in [0.3, 0.4) is 0 Å². The Morgan fingerprint density at radius 1 is 0.392 bits per heavy atom. The lowest BCUT2D eigenvalue weighted by Gasteiger charge is -2.29. The molecular formula is C49H42N2. The highest BCUT2D eigenvalue weighted by atomic mass is 15.1. The van der Waals surface area contributed by atoms with Crippen LogP contribution in [0.1, 0.15) is 47.2 Å². The molecule has 248 valence electrons. The van der Waals surface area contributed by atoms with Crippen LogP contribution in [0, 0.1) is 13.8 Å². The first-order valence-electron chi connectivity index (χ1n) is 17.8. The highest BCUT2D eigenvalue weighted by Gasteiger charge is 2.36. The molecular weight excluding hydrogens is 617 g/mol. The van der Waals surface area contributed by atoms with Gasteiger partial charge in [0.05, 0.1) is 0 Å². The maximum Gasteiger partial charge on any atom is 0.0490 e. The van der Waals surface area contributed by atoms with Crippen molar-refractivity contribution in [2.75, 3.05) is 9.80 Å².